The van der Waals surface area contributed by atoms with Gasteiger partial charge >= 0.3 is 5.97 Å². The number of carboxylic acids is 1. The van der Waals surface area contributed by atoms with E-state index in [1.165, 1.54) is 10.6 Å². The van der Waals surface area contributed by atoms with Gasteiger partial charge in [-0.25, -0.2) is 8.78 Å². The van der Waals surface area contributed by atoms with E-state index >= 15 is 0 Å². The molecule has 1 aromatic carbocycles. The van der Waals surface area contributed by atoms with E-state index in [2.05, 4.69) is 5.32 Å². The van der Waals surface area contributed by atoms with Crippen molar-refractivity contribution >= 4 is 11.9 Å². The Hall–Kier alpha value is -3.03. The van der Waals surface area contributed by atoms with Gasteiger partial charge in [0.2, 0.25) is 0 Å². The van der Waals surface area contributed by atoms with Gasteiger partial charge in [-0.05, 0) is 60.9 Å². The van der Waals surface area contributed by atoms with Gasteiger partial charge in [-0.15, -0.1) is 0 Å². The fourth-order valence-corrected chi connectivity index (χ4v) is 4.86. The lowest BCUT2D eigenvalue weighted by atomic mass is 9.71. The summed E-state index contributed by atoms with van der Waals surface area (Å²) in [4.78, 5) is 37.7. The van der Waals surface area contributed by atoms with Gasteiger partial charge in [-0.3, -0.25) is 14.4 Å². The topological polar surface area (TPSA) is 88.4 Å². The maximum Gasteiger partial charge on any atom is 0.303 e. The second-order valence-corrected chi connectivity index (χ2v) is 8.99. The van der Waals surface area contributed by atoms with Crippen LogP contribution in [-0.4, -0.2) is 28.1 Å². The zero-order valence-electron chi connectivity index (χ0n) is 19.0. The molecule has 1 saturated carbocycles. The van der Waals surface area contributed by atoms with E-state index in [0.717, 1.165) is 37.0 Å². The van der Waals surface area contributed by atoms with Crippen LogP contribution >= 0.6 is 0 Å². The smallest absolute Gasteiger partial charge is 0.303 e. The van der Waals surface area contributed by atoms with Crippen LogP contribution in [0, 0.1) is 24.0 Å². The van der Waals surface area contributed by atoms with Crippen LogP contribution in [0.5, 0.6) is 0 Å². The lowest BCUT2D eigenvalue weighted by molar-refractivity contribution is -0.140. The van der Waals surface area contributed by atoms with Crippen molar-refractivity contribution < 1.29 is 23.5 Å². The van der Waals surface area contributed by atoms with Crippen LogP contribution in [0.15, 0.2) is 29.1 Å². The summed E-state index contributed by atoms with van der Waals surface area (Å²) in [6.45, 7) is 3.87. The molecule has 1 amide bonds. The normalized spacial score (nSPS) is 15.3. The number of carboxylic acid groups (broad SMARTS) is 1. The quantitative estimate of drug-likeness (QED) is 0.618. The molecule has 0 atom stereocenters. The van der Waals surface area contributed by atoms with Crippen LogP contribution in [0.1, 0.15) is 72.6 Å². The van der Waals surface area contributed by atoms with Crippen molar-refractivity contribution in [1.82, 2.24) is 9.88 Å². The third-order valence-corrected chi connectivity index (χ3v) is 6.59. The number of aromatic nitrogens is 1. The molecular formula is C25H30F2N2O4. The van der Waals surface area contributed by atoms with Gasteiger partial charge in [0, 0.05) is 12.2 Å². The van der Waals surface area contributed by atoms with E-state index in [9.17, 15) is 28.3 Å². The minimum atomic E-state index is -1.000. The number of benzene rings is 1. The van der Waals surface area contributed by atoms with E-state index < -0.39 is 34.5 Å². The number of nitrogens with zero attached hydrogens (tertiary/aromatic N) is 1. The van der Waals surface area contributed by atoms with Crippen molar-refractivity contribution in [2.45, 2.75) is 65.3 Å². The predicted molar refractivity (Wildman–Crippen MR) is 120 cm³/mol. The Labute approximate surface area is 191 Å². The fraction of sp³-hybridized carbons (Fsp3) is 0.480. The van der Waals surface area contributed by atoms with Crippen LogP contribution < -0.4 is 10.9 Å². The molecule has 6 nitrogen and oxygen atoms in total. The number of nitrogens with one attached hydrogen (secondary N) is 1. The summed E-state index contributed by atoms with van der Waals surface area (Å²) >= 11 is 0. The molecule has 8 heteroatoms. The van der Waals surface area contributed by atoms with Gasteiger partial charge in [0.1, 0.15) is 5.56 Å². The molecule has 1 heterocycles. The van der Waals surface area contributed by atoms with Crippen molar-refractivity contribution in [3.8, 4) is 0 Å². The molecule has 178 valence electrons. The van der Waals surface area contributed by atoms with E-state index in [-0.39, 0.29) is 25.1 Å². The first kappa shape index (κ1) is 24.6. The van der Waals surface area contributed by atoms with Gasteiger partial charge in [-0.1, -0.05) is 32.3 Å². The fourth-order valence-electron chi connectivity index (χ4n) is 4.86. The number of amides is 1. The van der Waals surface area contributed by atoms with Crippen molar-refractivity contribution in [3.05, 3.63) is 68.6 Å². The lowest BCUT2D eigenvalue weighted by Gasteiger charge is -2.36. The predicted octanol–water partition coefficient (Wildman–Crippen LogP) is 4.20. The zero-order valence-corrected chi connectivity index (χ0v) is 19.0. The third-order valence-electron chi connectivity index (χ3n) is 6.59. The first-order valence-corrected chi connectivity index (χ1v) is 11.3. The Kier molecular flexibility index (Phi) is 7.66. The molecule has 0 unspecified atom stereocenters. The summed E-state index contributed by atoms with van der Waals surface area (Å²) < 4.78 is 28.4. The number of carbonyl (C=O) groups excluding carboxylic acids is 1. The largest absolute Gasteiger partial charge is 0.481 e. The highest BCUT2D eigenvalue weighted by Gasteiger charge is 2.35. The molecule has 1 aliphatic rings. The molecule has 1 aliphatic carbocycles. The molecule has 0 aliphatic heterocycles. The van der Waals surface area contributed by atoms with E-state index in [4.69, 9.17) is 0 Å². The third kappa shape index (κ3) is 5.67. The maximum absolute atomic E-state index is 13.7. The van der Waals surface area contributed by atoms with Crippen molar-refractivity contribution in [2.75, 3.05) is 6.54 Å². The minimum absolute atomic E-state index is 0.00409. The molecule has 1 aromatic heterocycles. The van der Waals surface area contributed by atoms with Crippen LogP contribution in [0.2, 0.25) is 0 Å². The molecule has 2 N–H and O–H groups in total. The number of aliphatic carboxylic acids is 1. The second-order valence-electron chi connectivity index (χ2n) is 8.99. The second kappa shape index (κ2) is 10.3. The zero-order chi connectivity index (χ0) is 24.2. The summed E-state index contributed by atoms with van der Waals surface area (Å²) in [5.74, 6) is -3.42. The maximum atomic E-state index is 13.7. The number of hydrogen-bond acceptors (Lipinski definition) is 3. The summed E-state index contributed by atoms with van der Waals surface area (Å²) in [6.07, 6.45) is 4.79. The number of rotatable bonds is 8. The molecule has 33 heavy (non-hydrogen) atoms. The summed E-state index contributed by atoms with van der Waals surface area (Å²) in [5.41, 5.74) is 0.774. The first-order chi connectivity index (χ1) is 15.7. The Morgan fingerprint density at radius 2 is 1.82 bits per heavy atom. The lowest BCUT2D eigenvalue weighted by Crippen LogP contribution is -2.42. The van der Waals surface area contributed by atoms with Gasteiger partial charge in [0.15, 0.2) is 11.6 Å². The van der Waals surface area contributed by atoms with Crippen LogP contribution in [0.3, 0.4) is 0 Å². The SMILES string of the molecule is CCc1c(C)cc(C(=O)NCC2(CC(=O)O)CCCCC2)c(=O)n1Cc1ccc(F)c(F)c1. The Morgan fingerprint density at radius 3 is 2.42 bits per heavy atom. The Morgan fingerprint density at radius 1 is 1.12 bits per heavy atom. The number of halogens is 2. The highest BCUT2D eigenvalue weighted by atomic mass is 19.2. The van der Waals surface area contributed by atoms with Crippen molar-refractivity contribution in [3.63, 3.8) is 0 Å². The average Bonchev–Trinajstić information content (AvgIpc) is 2.77. The van der Waals surface area contributed by atoms with E-state index in [0.29, 0.717) is 30.5 Å². The monoisotopic (exact) mass is 460 g/mol. The minimum Gasteiger partial charge on any atom is -0.481 e. The molecule has 0 saturated heterocycles. The molecule has 0 spiro atoms. The van der Waals surface area contributed by atoms with E-state index in [1.54, 1.807) is 13.0 Å². The van der Waals surface area contributed by atoms with Gasteiger partial charge in [0.05, 0.1) is 13.0 Å². The summed E-state index contributed by atoms with van der Waals surface area (Å²) in [7, 11) is 0. The average molecular weight is 461 g/mol. The van der Waals surface area contributed by atoms with Gasteiger partial charge in [-0.2, -0.15) is 0 Å². The number of hydrogen-bond donors (Lipinski definition) is 2. The standard InChI is InChI=1S/C25H30F2N2O4/c1-3-21-16(2)11-18(24(33)29(21)14-17-7-8-19(26)20(27)12-17)23(32)28-15-25(13-22(30)31)9-5-4-6-10-25/h7-8,11-12H,3-6,9-10,13-15H2,1-2H3,(H,28,32)(H,30,31). The molecule has 3 rings (SSSR count). The van der Waals surface area contributed by atoms with Gasteiger partial charge < -0.3 is 15.0 Å². The van der Waals surface area contributed by atoms with Crippen LogP contribution in [-0.2, 0) is 17.8 Å². The van der Waals surface area contributed by atoms with Crippen molar-refractivity contribution in [2.24, 2.45) is 5.41 Å². The van der Waals surface area contributed by atoms with Gasteiger partial charge in [0.25, 0.3) is 11.5 Å². The van der Waals surface area contributed by atoms with Crippen molar-refractivity contribution in [1.29, 1.82) is 0 Å². The summed E-state index contributed by atoms with van der Waals surface area (Å²) in [6, 6.07) is 5.01. The molecular weight excluding hydrogens is 430 g/mol. The number of aryl methyl sites for hydroxylation is 1. The Bertz CT molecular complexity index is 1100. The highest BCUT2D eigenvalue weighted by Crippen LogP contribution is 2.38. The molecule has 2 aromatic rings. The number of pyridine rings is 1. The molecule has 0 radical (unpaired) electrons. The van der Waals surface area contributed by atoms with Crippen LogP contribution in [0.25, 0.3) is 0 Å². The summed E-state index contributed by atoms with van der Waals surface area (Å²) in [5, 5.41) is 12.2. The molecule has 0 bridgehead atoms. The highest BCUT2D eigenvalue weighted by molar-refractivity contribution is 5.94. The first-order valence-electron chi connectivity index (χ1n) is 11.3. The van der Waals surface area contributed by atoms with E-state index in [1.807, 2.05) is 6.92 Å². The number of carbonyl (C=O) groups is 2. The Balaban J connectivity index is 1.89. The molecule has 1 fully saturated rings. The van der Waals surface area contributed by atoms with Crippen LogP contribution in [0.4, 0.5) is 8.78 Å².